The number of hydrogen-bond acceptors (Lipinski definition) is 3. The molecule has 1 N–H and O–H groups in total. The molecule has 1 atom stereocenters. The van der Waals surface area contributed by atoms with Crippen molar-refractivity contribution in [3.8, 4) is 5.88 Å². The van der Waals surface area contributed by atoms with Gasteiger partial charge in [0.05, 0.1) is 6.04 Å². The van der Waals surface area contributed by atoms with E-state index in [-0.39, 0.29) is 6.04 Å². The highest BCUT2D eigenvalue weighted by molar-refractivity contribution is 6.31. The molecule has 0 radical (unpaired) electrons. The van der Waals surface area contributed by atoms with Crippen LogP contribution >= 0.6 is 11.6 Å². The Bertz CT molecular complexity index is 413. The van der Waals surface area contributed by atoms with Crippen molar-refractivity contribution >= 4 is 17.7 Å². The lowest BCUT2D eigenvalue weighted by Crippen LogP contribution is -2.38. The van der Waals surface area contributed by atoms with Crippen LogP contribution in [0.2, 0.25) is 5.02 Å². The summed E-state index contributed by atoms with van der Waals surface area (Å²) in [5.41, 5.74) is 0. The number of carboxylic acid groups (broad SMARTS) is 1. The molecule has 1 aliphatic rings. The van der Waals surface area contributed by atoms with Gasteiger partial charge in [-0.25, -0.2) is 9.78 Å². The smallest absolute Gasteiger partial charge is 0.407 e. The Morgan fingerprint density at radius 2 is 2.53 bits per heavy atom. The number of halogens is 1. The average molecular weight is 257 g/mol. The van der Waals surface area contributed by atoms with Gasteiger partial charge in [-0.05, 0) is 25.0 Å². The molecule has 1 saturated heterocycles. The van der Waals surface area contributed by atoms with E-state index in [2.05, 4.69) is 4.98 Å². The number of carbonyl (C=O) groups is 1. The molecule has 5 nitrogen and oxygen atoms in total. The van der Waals surface area contributed by atoms with Crippen LogP contribution in [0.1, 0.15) is 12.8 Å². The zero-order valence-electron chi connectivity index (χ0n) is 9.17. The maximum Gasteiger partial charge on any atom is 0.407 e. The Morgan fingerprint density at radius 1 is 1.71 bits per heavy atom. The van der Waals surface area contributed by atoms with Gasteiger partial charge in [-0.3, -0.25) is 0 Å². The summed E-state index contributed by atoms with van der Waals surface area (Å²) in [6.45, 7) is 0.863. The fraction of sp³-hybridized carbons (Fsp3) is 0.455. The standard InChI is InChI=1S/C11H13ClN2O3/c12-9-4-1-5-13-10(9)17-7-8-3-2-6-14(8)11(15)16/h1,4-5,8H,2-3,6-7H2,(H,15,16). The van der Waals surface area contributed by atoms with E-state index in [0.29, 0.717) is 24.1 Å². The molecule has 1 aromatic rings. The topological polar surface area (TPSA) is 62.7 Å². The van der Waals surface area contributed by atoms with Crippen LogP contribution in [0.3, 0.4) is 0 Å². The summed E-state index contributed by atoms with van der Waals surface area (Å²) in [4.78, 5) is 16.3. The molecule has 0 aromatic carbocycles. The van der Waals surface area contributed by atoms with Crippen LogP contribution in [-0.2, 0) is 0 Å². The lowest BCUT2D eigenvalue weighted by Gasteiger charge is -2.21. The van der Waals surface area contributed by atoms with E-state index in [0.717, 1.165) is 12.8 Å². The van der Waals surface area contributed by atoms with Gasteiger partial charge in [0.15, 0.2) is 0 Å². The van der Waals surface area contributed by atoms with Crippen LogP contribution in [0, 0.1) is 0 Å². The molecule has 0 spiro atoms. The molecule has 0 bridgehead atoms. The maximum atomic E-state index is 10.9. The molecule has 1 unspecified atom stereocenters. The number of rotatable bonds is 3. The molecule has 17 heavy (non-hydrogen) atoms. The Morgan fingerprint density at radius 3 is 3.24 bits per heavy atom. The monoisotopic (exact) mass is 256 g/mol. The molecular weight excluding hydrogens is 244 g/mol. The van der Waals surface area contributed by atoms with E-state index in [1.807, 2.05) is 0 Å². The number of pyridine rings is 1. The van der Waals surface area contributed by atoms with Crippen LogP contribution in [0.5, 0.6) is 5.88 Å². The van der Waals surface area contributed by atoms with Gasteiger partial charge in [-0.1, -0.05) is 11.6 Å². The molecule has 0 aliphatic carbocycles. The third-order valence-corrected chi connectivity index (χ3v) is 3.05. The second-order valence-electron chi connectivity index (χ2n) is 3.87. The molecule has 2 heterocycles. The lowest BCUT2D eigenvalue weighted by atomic mass is 10.2. The molecule has 0 saturated carbocycles. The Balaban J connectivity index is 1.94. The normalized spacial score (nSPS) is 19.4. The number of aromatic nitrogens is 1. The summed E-state index contributed by atoms with van der Waals surface area (Å²) >= 11 is 5.89. The average Bonchev–Trinajstić information content (AvgIpc) is 2.76. The quantitative estimate of drug-likeness (QED) is 0.901. The van der Waals surface area contributed by atoms with E-state index >= 15 is 0 Å². The second kappa shape index (κ2) is 5.23. The van der Waals surface area contributed by atoms with Crippen molar-refractivity contribution in [3.05, 3.63) is 23.4 Å². The Labute approximate surface area is 104 Å². The molecule has 1 aromatic heterocycles. The van der Waals surface area contributed by atoms with E-state index in [1.54, 1.807) is 18.3 Å². The summed E-state index contributed by atoms with van der Waals surface area (Å²) in [5, 5.41) is 9.40. The van der Waals surface area contributed by atoms with Crippen molar-refractivity contribution in [1.29, 1.82) is 0 Å². The zero-order chi connectivity index (χ0) is 12.3. The van der Waals surface area contributed by atoms with Gasteiger partial charge in [-0.15, -0.1) is 0 Å². The van der Waals surface area contributed by atoms with Gasteiger partial charge in [-0.2, -0.15) is 0 Å². The number of likely N-dealkylation sites (tertiary alicyclic amines) is 1. The second-order valence-corrected chi connectivity index (χ2v) is 4.28. The van der Waals surface area contributed by atoms with E-state index in [1.165, 1.54) is 4.90 Å². The first-order valence-electron chi connectivity index (χ1n) is 5.41. The van der Waals surface area contributed by atoms with Gasteiger partial charge in [0.25, 0.3) is 0 Å². The van der Waals surface area contributed by atoms with Gasteiger partial charge < -0.3 is 14.7 Å². The SMILES string of the molecule is O=C(O)N1CCCC1COc1ncccc1Cl. The summed E-state index contributed by atoms with van der Waals surface area (Å²) < 4.78 is 5.45. The molecule has 1 amide bonds. The third kappa shape index (κ3) is 2.79. The van der Waals surface area contributed by atoms with Crippen molar-refractivity contribution in [2.75, 3.05) is 13.2 Å². The number of ether oxygens (including phenoxy) is 1. The minimum atomic E-state index is -0.900. The summed E-state index contributed by atoms with van der Waals surface area (Å²) in [6, 6.07) is 3.30. The molecule has 6 heteroatoms. The molecular formula is C11H13ClN2O3. The van der Waals surface area contributed by atoms with Crippen molar-refractivity contribution in [1.82, 2.24) is 9.88 Å². The summed E-state index contributed by atoms with van der Waals surface area (Å²) in [7, 11) is 0. The van der Waals surface area contributed by atoms with Crippen LogP contribution in [-0.4, -0.2) is 40.3 Å². The number of nitrogens with zero attached hydrogens (tertiary/aromatic N) is 2. The summed E-state index contributed by atoms with van der Waals surface area (Å²) in [6.07, 6.45) is 2.38. The van der Waals surface area contributed by atoms with Crippen LogP contribution in [0.15, 0.2) is 18.3 Å². The van der Waals surface area contributed by atoms with Crippen LogP contribution in [0.25, 0.3) is 0 Å². The van der Waals surface area contributed by atoms with E-state index in [9.17, 15) is 4.79 Å². The molecule has 92 valence electrons. The fourth-order valence-electron chi connectivity index (χ4n) is 1.91. The van der Waals surface area contributed by atoms with Gasteiger partial charge >= 0.3 is 6.09 Å². The zero-order valence-corrected chi connectivity index (χ0v) is 9.93. The van der Waals surface area contributed by atoms with Crippen molar-refractivity contribution in [3.63, 3.8) is 0 Å². The summed E-state index contributed by atoms with van der Waals surface area (Å²) in [5.74, 6) is 0.353. The fourth-order valence-corrected chi connectivity index (χ4v) is 2.09. The third-order valence-electron chi connectivity index (χ3n) is 2.76. The molecule has 2 rings (SSSR count). The Hall–Kier alpha value is -1.49. The van der Waals surface area contributed by atoms with Crippen LogP contribution < -0.4 is 4.74 Å². The van der Waals surface area contributed by atoms with Crippen molar-refractivity contribution < 1.29 is 14.6 Å². The van der Waals surface area contributed by atoms with Gasteiger partial charge in [0, 0.05) is 12.7 Å². The highest BCUT2D eigenvalue weighted by Gasteiger charge is 2.29. The number of amides is 1. The first-order chi connectivity index (χ1) is 8.18. The van der Waals surface area contributed by atoms with Crippen LogP contribution in [0.4, 0.5) is 4.79 Å². The van der Waals surface area contributed by atoms with E-state index < -0.39 is 6.09 Å². The minimum absolute atomic E-state index is 0.106. The predicted octanol–water partition coefficient (Wildman–Crippen LogP) is 2.26. The highest BCUT2D eigenvalue weighted by Crippen LogP contribution is 2.22. The Kier molecular flexibility index (Phi) is 3.68. The van der Waals surface area contributed by atoms with E-state index in [4.69, 9.17) is 21.4 Å². The highest BCUT2D eigenvalue weighted by atomic mass is 35.5. The van der Waals surface area contributed by atoms with Crippen molar-refractivity contribution in [2.24, 2.45) is 0 Å². The first-order valence-corrected chi connectivity index (χ1v) is 5.79. The minimum Gasteiger partial charge on any atom is -0.474 e. The largest absolute Gasteiger partial charge is 0.474 e. The van der Waals surface area contributed by atoms with Gasteiger partial charge in [0.1, 0.15) is 11.6 Å². The number of hydrogen-bond donors (Lipinski definition) is 1. The molecule has 1 aliphatic heterocycles. The first kappa shape index (κ1) is 12.0. The van der Waals surface area contributed by atoms with Crippen molar-refractivity contribution in [2.45, 2.75) is 18.9 Å². The predicted molar refractivity (Wildman–Crippen MR) is 62.5 cm³/mol. The lowest BCUT2D eigenvalue weighted by molar-refractivity contribution is 0.122. The molecule has 1 fully saturated rings. The van der Waals surface area contributed by atoms with Gasteiger partial charge in [0.2, 0.25) is 5.88 Å². The maximum absolute atomic E-state index is 10.9.